The van der Waals surface area contributed by atoms with Gasteiger partial charge < -0.3 is 15.5 Å². The molecule has 0 unspecified atom stereocenters. The number of benzene rings is 1. The molecular formula is C10H11ClN4O. The molecule has 0 saturated carbocycles. The molecule has 1 heterocycles. The van der Waals surface area contributed by atoms with Crippen LogP contribution in [0.5, 0.6) is 0 Å². The Morgan fingerprint density at radius 1 is 1.31 bits per heavy atom. The Labute approximate surface area is 97.6 Å². The molecule has 6 heteroatoms. The van der Waals surface area contributed by atoms with E-state index < -0.39 is 0 Å². The first-order valence-electron chi connectivity index (χ1n) is 4.83. The number of rotatable bonds is 4. The van der Waals surface area contributed by atoms with Crippen molar-refractivity contribution in [2.24, 2.45) is 5.73 Å². The molecule has 1 aromatic carbocycles. The van der Waals surface area contributed by atoms with Gasteiger partial charge in [0.2, 0.25) is 5.89 Å². The summed E-state index contributed by atoms with van der Waals surface area (Å²) >= 11 is 5.97. The molecule has 0 atom stereocenters. The monoisotopic (exact) mass is 238 g/mol. The van der Waals surface area contributed by atoms with Crippen LogP contribution in [0.1, 0.15) is 5.89 Å². The minimum absolute atomic E-state index is 0.316. The van der Waals surface area contributed by atoms with Gasteiger partial charge in [0.1, 0.15) is 0 Å². The van der Waals surface area contributed by atoms with E-state index in [1.54, 1.807) is 6.07 Å². The molecule has 0 aliphatic rings. The van der Waals surface area contributed by atoms with Crippen molar-refractivity contribution in [3.63, 3.8) is 0 Å². The summed E-state index contributed by atoms with van der Waals surface area (Å²) in [4.78, 5) is 0. The number of halogens is 1. The molecule has 0 bridgehead atoms. The van der Waals surface area contributed by atoms with Crippen LogP contribution in [0, 0.1) is 0 Å². The first-order chi connectivity index (χ1) is 7.79. The maximum Gasteiger partial charge on any atom is 0.320 e. The lowest BCUT2D eigenvalue weighted by molar-refractivity contribution is 0.510. The summed E-state index contributed by atoms with van der Waals surface area (Å²) in [6, 6.07) is 7.64. The fourth-order valence-corrected chi connectivity index (χ4v) is 1.39. The van der Waals surface area contributed by atoms with Gasteiger partial charge in [-0.05, 0) is 12.1 Å². The molecule has 0 fully saturated rings. The summed E-state index contributed by atoms with van der Waals surface area (Å²) < 4.78 is 5.31. The first kappa shape index (κ1) is 10.9. The number of anilines is 2. The zero-order valence-electron chi connectivity index (χ0n) is 8.48. The molecule has 84 valence electrons. The Hall–Kier alpha value is -1.59. The molecular weight excluding hydrogens is 228 g/mol. The van der Waals surface area contributed by atoms with Gasteiger partial charge in [0.25, 0.3) is 0 Å². The average Bonchev–Trinajstić information content (AvgIpc) is 2.70. The van der Waals surface area contributed by atoms with Gasteiger partial charge in [0.05, 0.1) is 10.7 Å². The number of nitrogens with zero attached hydrogens (tertiary/aromatic N) is 2. The summed E-state index contributed by atoms with van der Waals surface area (Å²) in [5, 5.41) is 11.2. The van der Waals surface area contributed by atoms with Gasteiger partial charge in [-0.15, -0.1) is 5.10 Å². The van der Waals surface area contributed by atoms with Crippen molar-refractivity contribution in [2.45, 2.75) is 6.42 Å². The fraction of sp³-hybridized carbons (Fsp3) is 0.200. The SMILES string of the molecule is NCCc1nnc(Nc2ccccc2Cl)o1. The van der Waals surface area contributed by atoms with Crippen molar-refractivity contribution in [1.29, 1.82) is 0 Å². The average molecular weight is 239 g/mol. The summed E-state index contributed by atoms with van der Waals surface area (Å²) in [6.45, 7) is 0.480. The van der Waals surface area contributed by atoms with Gasteiger partial charge in [0, 0.05) is 13.0 Å². The lowest BCUT2D eigenvalue weighted by atomic mass is 10.3. The van der Waals surface area contributed by atoms with Gasteiger partial charge in [-0.2, -0.15) is 0 Å². The third kappa shape index (κ3) is 2.50. The standard InChI is InChI=1S/C10H11ClN4O/c11-7-3-1-2-4-8(7)13-10-15-14-9(16-10)5-6-12/h1-4H,5-6,12H2,(H,13,15). The normalized spacial score (nSPS) is 10.4. The van der Waals surface area contributed by atoms with Crippen LogP contribution in [0.2, 0.25) is 5.02 Å². The van der Waals surface area contributed by atoms with E-state index in [1.807, 2.05) is 18.2 Å². The summed E-state index contributed by atoms with van der Waals surface area (Å²) in [5.74, 6) is 0.511. The molecule has 0 radical (unpaired) electrons. The fourth-order valence-electron chi connectivity index (χ4n) is 1.21. The zero-order chi connectivity index (χ0) is 11.4. The number of aromatic nitrogens is 2. The van der Waals surface area contributed by atoms with Gasteiger partial charge in [0.15, 0.2) is 0 Å². The zero-order valence-corrected chi connectivity index (χ0v) is 9.24. The molecule has 0 aliphatic carbocycles. The summed E-state index contributed by atoms with van der Waals surface area (Å²) in [6.07, 6.45) is 0.567. The third-order valence-electron chi connectivity index (χ3n) is 1.94. The van der Waals surface area contributed by atoms with Crippen molar-refractivity contribution in [3.8, 4) is 0 Å². The second-order valence-corrected chi connectivity index (χ2v) is 3.55. The van der Waals surface area contributed by atoms with E-state index in [9.17, 15) is 0 Å². The molecule has 0 saturated heterocycles. The number of para-hydroxylation sites is 1. The van der Waals surface area contributed by atoms with Gasteiger partial charge in [-0.3, -0.25) is 0 Å². The second kappa shape index (κ2) is 4.96. The van der Waals surface area contributed by atoms with Crippen LogP contribution in [0.15, 0.2) is 28.7 Å². The highest BCUT2D eigenvalue weighted by atomic mass is 35.5. The number of hydrogen-bond acceptors (Lipinski definition) is 5. The highest BCUT2D eigenvalue weighted by Crippen LogP contribution is 2.23. The molecule has 5 nitrogen and oxygen atoms in total. The van der Waals surface area contributed by atoms with Crippen LogP contribution in [0.4, 0.5) is 11.7 Å². The van der Waals surface area contributed by atoms with Crippen LogP contribution in [-0.4, -0.2) is 16.7 Å². The Morgan fingerprint density at radius 2 is 2.12 bits per heavy atom. The molecule has 2 rings (SSSR count). The van der Waals surface area contributed by atoms with Crippen molar-refractivity contribution in [1.82, 2.24) is 10.2 Å². The van der Waals surface area contributed by atoms with Gasteiger partial charge in [-0.1, -0.05) is 28.8 Å². The van der Waals surface area contributed by atoms with Crippen molar-refractivity contribution < 1.29 is 4.42 Å². The second-order valence-electron chi connectivity index (χ2n) is 3.14. The number of hydrogen-bond donors (Lipinski definition) is 2. The molecule has 1 aromatic heterocycles. The smallest absolute Gasteiger partial charge is 0.320 e. The van der Waals surface area contributed by atoms with Crippen molar-refractivity contribution in [2.75, 3.05) is 11.9 Å². The van der Waals surface area contributed by atoms with Crippen molar-refractivity contribution in [3.05, 3.63) is 35.2 Å². The molecule has 3 N–H and O–H groups in total. The predicted molar refractivity (Wildman–Crippen MR) is 61.8 cm³/mol. The maximum atomic E-state index is 5.97. The van der Waals surface area contributed by atoms with Crippen LogP contribution in [0.25, 0.3) is 0 Å². The van der Waals surface area contributed by atoms with Crippen LogP contribution >= 0.6 is 11.6 Å². The van der Waals surface area contributed by atoms with Crippen molar-refractivity contribution >= 4 is 23.3 Å². The van der Waals surface area contributed by atoms with Crippen LogP contribution < -0.4 is 11.1 Å². The molecule has 0 aliphatic heterocycles. The van der Waals surface area contributed by atoms with Gasteiger partial charge in [-0.25, -0.2) is 0 Å². The lowest BCUT2D eigenvalue weighted by Crippen LogP contribution is -2.02. The Kier molecular flexibility index (Phi) is 3.38. The molecule has 0 amide bonds. The maximum absolute atomic E-state index is 5.97. The number of nitrogens with two attached hydrogens (primary N) is 1. The predicted octanol–water partition coefficient (Wildman–Crippen LogP) is 1.97. The van der Waals surface area contributed by atoms with E-state index in [1.165, 1.54) is 0 Å². The van der Waals surface area contributed by atoms with Crippen LogP contribution in [0.3, 0.4) is 0 Å². The first-order valence-corrected chi connectivity index (χ1v) is 5.21. The Balaban J connectivity index is 2.11. The molecule has 2 aromatic rings. The quantitative estimate of drug-likeness (QED) is 0.852. The minimum Gasteiger partial charge on any atom is -0.408 e. The largest absolute Gasteiger partial charge is 0.408 e. The molecule has 16 heavy (non-hydrogen) atoms. The van der Waals surface area contributed by atoms with E-state index in [-0.39, 0.29) is 0 Å². The molecule has 0 spiro atoms. The minimum atomic E-state index is 0.316. The van der Waals surface area contributed by atoms with E-state index in [2.05, 4.69) is 15.5 Å². The number of nitrogens with one attached hydrogen (secondary N) is 1. The highest BCUT2D eigenvalue weighted by molar-refractivity contribution is 6.33. The lowest BCUT2D eigenvalue weighted by Gasteiger charge is -2.02. The topological polar surface area (TPSA) is 77.0 Å². The Bertz CT molecular complexity index is 471. The van der Waals surface area contributed by atoms with E-state index in [4.69, 9.17) is 21.8 Å². The third-order valence-corrected chi connectivity index (χ3v) is 2.27. The van der Waals surface area contributed by atoms with E-state index in [0.29, 0.717) is 29.9 Å². The summed E-state index contributed by atoms with van der Waals surface area (Å²) in [5.41, 5.74) is 6.11. The summed E-state index contributed by atoms with van der Waals surface area (Å²) in [7, 11) is 0. The Morgan fingerprint density at radius 3 is 2.88 bits per heavy atom. The van der Waals surface area contributed by atoms with E-state index >= 15 is 0 Å². The highest BCUT2D eigenvalue weighted by Gasteiger charge is 2.06. The van der Waals surface area contributed by atoms with E-state index in [0.717, 1.165) is 5.69 Å². The van der Waals surface area contributed by atoms with Crippen LogP contribution in [-0.2, 0) is 6.42 Å². The van der Waals surface area contributed by atoms with Gasteiger partial charge >= 0.3 is 6.01 Å².